The number of hydrogen-bond donors (Lipinski definition) is 2. The molecule has 1 heterocycles. The average Bonchev–Trinajstić information content (AvgIpc) is 2.94. The fourth-order valence-corrected chi connectivity index (χ4v) is 2.87. The molecule has 1 aromatic heterocycles. The highest BCUT2D eigenvalue weighted by Gasteiger charge is 2.14. The van der Waals surface area contributed by atoms with Crippen molar-refractivity contribution in [3.05, 3.63) is 42.2 Å². The van der Waals surface area contributed by atoms with Gasteiger partial charge in [0.25, 0.3) is 5.91 Å². The van der Waals surface area contributed by atoms with E-state index in [4.69, 9.17) is 4.74 Å². The minimum absolute atomic E-state index is 0.0252. The van der Waals surface area contributed by atoms with Crippen LogP contribution in [0.25, 0.3) is 11.1 Å². The number of nitrogens with zero attached hydrogens (tertiary/aromatic N) is 1. The SMILES string of the molecule is Cn1cc(-c2ccc(NC(C)(C)C)cc2)cc1C(=O)NCCCOC(C)(C)C. The first kappa shape index (κ1) is 22.0. The van der Waals surface area contributed by atoms with E-state index in [1.807, 2.05) is 44.6 Å². The first-order valence-corrected chi connectivity index (χ1v) is 9.92. The van der Waals surface area contributed by atoms with Crippen LogP contribution in [0.4, 0.5) is 5.69 Å². The summed E-state index contributed by atoms with van der Waals surface area (Å²) in [5.41, 5.74) is 3.75. The molecule has 28 heavy (non-hydrogen) atoms. The molecule has 1 aromatic carbocycles. The number of benzene rings is 1. The molecule has 2 aromatic rings. The van der Waals surface area contributed by atoms with E-state index in [0.717, 1.165) is 23.2 Å². The Labute approximate surface area is 169 Å². The smallest absolute Gasteiger partial charge is 0.267 e. The second kappa shape index (κ2) is 8.82. The Morgan fingerprint density at radius 3 is 2.25 bits per heavy atom. The van der Waals surface area contributed by atoms with E-state index in [2.05, 4.69) is 55.7 Å². The van der Waals surface area contributed by atoms with Crippen LogP contribution in [0.15, 0.2) is 36.5 Å². The number of aromatic nitrogens is 1. The highest BCUT2D eigenvalue weighted by molar-refractivity contribution is 5.94. The molecule has 2 rings (SSSR count). The molecule has 0 spiro atoms. The van der Waals surface area contributed by atoms with E-state index in [1.54, 1.807) is 0 Å². The van der Waals surface area contributed by atoms with Gasteiger partial charge in [-0.2, -0.15) is 0 Å². The molecular formula is C23H35N3O2. The van der Waals surface area contributed by atoms with E-state index in [-0.39, 0.29) is 17.0 Å². The third-order valence-corrected chi connectivity index (χ3v) is 4.12. The van der Waals surface area contributed by atoms with Gasteiger partial charge in [0.1, 0.15) is 5.69 Å². The maximum atomic E-state index is 12.5. The molecule has 1 amide bonds. The Morgan fingerprint density at radius 2 is 1.68 bits per heavy atom. The third kappa shape index (κ3) is 7.04. The number of carbonyl (C=O) groups excluding carboxylic acids is 1. The summed E-state index contributed by atoms with van der Waals surface area (Å²) in [5, 5.41) is 6.43. The van der Waals surface area contributed by atoms with Crippen molar-refractivity contribution in [1.29, 1.82) is 0 Å². The van der Waals surface area contributed by atoms with Crippen LogP contribution in [0.3, 0.4) is 0 Å². The van der Waals surface area contributed by atoms with Gasteiger partial charge in [-0.3, -0.25) is 4.79 Å². The lowest BCUT2D eigenvalue weighted by Crippen LogP contribution is -2.28. The van der Waals surface area contributed by atoms with Gasteiger partial charge in [-0.25, -0.2) is 0 Å². The van der Waals surface area contributed by atoms with Crippen LogP contribution < -0.4 is 10.6 Å². The van der Waals surface area contributed by atoms with Gasteiger partial charge in [0.2, 0.25) is 0 Å². The highest BCUT2D eigenvalue weighted by Crippen LogP contribution is 2.24. The summed E-state index contributed by atoms with van der Waals surface area (Å²) in [7, 11) is 1.90. The monoisotopic (exact) mass is 385 g/mol. The number of carbonyl (C=O) groups is 1. The fourth-order valence-electron chi connectivity index (χ4n) is 2.87. The average molecular weight is 386 g/mol. The van der Waals surface area contributed by atoms with E-state index in [0.29, 0.717) is 18.8 Å². The second-order valence-electron chi connectivity index (χ2n) is 9.25. The van der Waals surface area contributed by atoms with Gasteiger partial charge in [0.15, 0.2) is 0 Å². The molecule has 0 atom stereocenters. The van der Waals surface area contributed by atoms with E-state index in [1.165, 1.54) is 0 Å². The summed E-state index contributed by atoms with van der Waals surface area (Å²) in [6.07, 6.45) is 2.78. The topological polar surface area (TPSA) is 55.3 Å². The number of amides is 1. The lowest BCUT2D eigenvalue weighted by molar-refractivity contribution is -0.00364. The van der Waals surface area contributed by atoms with E-state index < -0.39 is 0 Å². The van der Waals surface area contributed by atoms with Crippen molar-refractivity contribution < 1.29 is 9.53 Å². The molecule has 0 unspecified atom stereocenters. The van der Waals surface area contributed by atoms with Gasteiger partial charge in [0, 0.05) is 43.2 Å². The summed E-state index contributed by atoms with van der Waals surface area (Å²) in [4.78, 5) is 12.5. The van der Waals surface area contributed by atoms with Gasteiger partial charge >= 0.3 is 0 Å². The Bertz CT molecular complexity index is 778. The summed E-state index contributed by atoms with van der Waals surface area (Å²) in [6.45, 7) is 13.7. The van der Waals surface area contributed by atoms with Crippen molar-refractivity contribution >= 4 is 11.6 Å². The maximum Gasteiger partial charge on any atom is 0.267 e. The van der Waals surface area contributed by atoms with Crippen molar-refractivity contribution in [2.75, 3.05) is 18.5 Å². The van der Waals surface area contributed by atoms with Crippen molar-refractivity contribution in [3.63, 3.8) is 0 Å². The fraction of sp³-hybridized carbons (Fsp3) is 0.522. The van der Waals surface area contributed by atoms with Crippen LogP contribution in [-0.4, -0.2) is 34.8 Å². The van der Waals surface area contributed by atoms with Crippen molar-refractivity contribution in [1.82, 2.24) is 9.88 Å². The molecule has 0 aliphatic carbocycles. The highest BCUT2D eigenvalue weighted by atomic mass is 16.5. The molecule has 0 aliphatic rings. The molecule has 0 aliphatic heterocycles. The number of ether oxygens (including phenoxy) is 1. The van der Waals surface area contributed by atoms with Crippen LogP contribution in [0.2, 0.25) is 0 Å². The standard InChI is InChI=1S/C23H35N3O2/c1-22(2,3)25-19-11-9-17(10-12-19)18-15-20(26(7)16-18)21(27)24-13-8-14-28-23(4,5)6/h9-12,15-16,25H,8,13-14H2,1-7H3,(H,24,27). The molecule has 5 heteroatoms. The lowest BCUT2D eigenvalue weighted by Gasteiger charge is -2.22. The number of rotatable bonds is 7. The number of nitrogens with one attached hydrogen (secondary N) is 2. The Balaban J connectivity index is 1.95. The third-order valence-electron chi connectivity index (χ3n) is 4.12. The Kier molecular flexibility index (Phi) is 6.94. The van der Waals surface area contributed by atoms with Gasteiger partial charge in [0.05, 0.1) is 5.60 Å². The van der Waals surface area contributed by atoms with E-state index in [9.17, 15) is 4.79 Å². The number of hydrogen-bond acceptors (Lipinski definition) is 3. The van der Waals surface area contributed by atoms with Crippen LogP contribution in [-0.2, 0) is 11.8 Å². The molecule has 5 nitrogen and oxygen atoms in total. The zero-order valence-electron chi connectivity index (χ0n) is 18.3. The minimum Gasteiger partial charge on any atom is -0.380 e. The summed E-state index contributed by atoms with van der Waals surface area (Å²) < 4.78 is 7.55. The van der Waals surface area contributed by atoms with Crippen molar-refractivity contribution in [3.8, 4) is 11.1 Å². The van der Waals surface area contributed by atoms with Crippen LogP contribution in [0, 0.1) is 0 Å². The first-order chi connectivity index (χ1) is 12.9. The van der Waals surface area contributed by atoms with Gasteiger partial charge < -0.3 is 19.9 Å². The predicted molar refractivity (Wildman–Crippen MR) is 117 cm³/mol. The van der Waals surface area contributed by atoms with Crippen LogP contribution in [0.1, 0.15) is 58.5 Å². The molecule has 0 radical (unpaired) electrons. The molecule has 0 fully saturated rings. The largest absolute Gasteiger partial charge is 0.380 e. The zero-order valence-corrected chi connectivity index (χ0v) is 18.3. The molecule has 0 bridgehead atoms. The normalized spacial score (nSPS) is 12.1. The summed E-state index contributed by atoms with van der Waals surface area (Å²) in [5.74, 6) is -0.0597. The number of anilines is 1. The molecular weight excluding hydrogens is 350 g/mol. The lowest BCUT2D eigenvalue weighted by atomic mass is 10.1. The Morgan fingerprint density at radius 1 is 1.04 bits per heavy atom. The molecule has 0 saturated heterocycles. The quantitative estimate of drug-likeness (QED) is 0.671. The van der Waals surface area contributed by atoms with E-state index >= 15 is 0 Å². The second-order valence-corrected chi connectivity index (χ2v) is 9.25. The predicted octanol–water partition coefficient (Wildman–Crippen LogP) is 4.84. The Hall–Kier alpha value is -2.27. The molecule has 154 valence electrons. The molecule has 0 saturated carbocycles. The molecule has 2 N–H and O–H groups in total. The maximum absolute atomic E-state index is 12.5. The van der Waals surface area contributed by atoms with Crippen molar-refractivity contribution in [2.24, 2.45) is 7.05 Å². The first-order valence-electron chi connectivity index (χ1n) is 9.92. The zero-order chi connectivity index (χ0) is 20.9. The summed E-state index contributed by atoms with van der Waals surface area (Å²) in [6, 6.07) is 10.2. The van der Waals surface area contributed by atoms with Crippen LogP contribution >= 0.6 is 0 Å². The van der Waals surface area contributed by atoms with Gasteiger partial charge in [-0.15, -0.1) is 0 Å². The van der Waals surface area contributed by atoms with Gasteiger partial charge in [-0.05, 0) is 71.7 Å². The number of aryl methyl sites for hydroxylation is 1. The summed E-state index contributed by atoms with van der Waals surface area (Å²) >= 11 is 0. The minimum atomic E-state index is -0.144. The van der Waals surface area contributed by atoms with Crippen LogP contribution in [0.5, 0.6) is 0 Å². The van der Waals surface area contributed by atoms with Crippen molar-refractivity contribution in [2.45, 2.75) is 59.1 Å². The van der Waals surface area contributed by atoms with Gasteiger partial charge in [-0.1, -0.05) is 12.1 Å².